The third-order valence-corrected chi connectivity index (χ3v) is 4.95. The lowest BCUT2D eigenvalue weighted by Crippen LogP contribution is -1.84. The third kappa shape index (κ3) is 3.01. The number of benzene rings is 1. The van der Waals surface area contributed by atoms with Gasteiger partial charge in [0.15, 0.2) is 0 Å². The Labute approximate surface area is 133 Å². The number of hydrogen-bond acceptors (Lipinski definition) is 5. The Morgan fingerprint density at radius 3 is 2.60 bits per heavy atom. The zero-order valence-electron chi connectivity index (χ0n) is 10.0. The smallest absolute Gasteiger partial charge is 0.277 e. The van der Waals surface area contributed by atoms with Crippen LogP contribution in [-0.4, -0.2) is 10.2 Å². The molecular formula is C13H8Cl2N2OS2. The van der Waals surface area contributed by atoms with E-state index in [1.165, 1.54) is 11.8 Å². The molecular weight excluding hydrogens is 335 g/mol. The molecule has 0 spiro atoms. The quantitative estimate of drug-likeness (QED) is 0.595. The molecule has 0 bridgehead atoms. The van der Waals surface area contributed by atoms with Gasteiger partial charge in [-0.25, -0.2) is 0 Å². The standard InChI is InChI=1S/C13H8Cl2N2OS2/c14-9-3-1-4-10(15)8(9)7-20-13-17-16-12(18-13)11-5-2-6-19-11/h1-6H,7H2. The van der Waals surface area contributed by atoms with E-state index in [9.17, 15) is 0 Å². The second kappa shape index (κ2) is 6.18. The van der Waals surface area contributed by atoms with Crippen LogP contribution in [-0.2, 0) is 5.75 Å². The van der Waals surface area contributed by atoms with Gasteiger partial charge in [0, 0.05) is 15.8 Å². The number of nitrogens with zero attached hydrogens (tertiary/aromatic N) is 2. The van der Waals surface area contributed by atoms with Crippen LogP contribution in [0.3, 0.4) is 0 Å². The van der Waals surface area contributed by atoms with Gasteiger partial charge >= 0.3 is 0 Å². The molecule has 20 heavy (non-hydrogen) atoms. The predicted octanol–water partition coefficient (Wildman–Crippen LogP) is 5.40. The van der Waals surface area contributed by atoms with E-state index in [4.69, 9.17) is 27.6 Å². The molecule has 0 amide bonds. The maximum Gasteiger partial charge on any atom is 0.277 e. The van der Waals surface area contributed by atoms with E-state index in [0.717, 1.165) is 10.4 Å². The molecule has 0 aliphatic carbocycles. The SMILES string of the molecule is Clc1cccc(Cl)c1CSc1nnc(-c2cccs2)o1. The summed E-state index contributed by atoms with van der Waals surface area (Å²) >= 11 is 15.2. The molecule has 2 heterocycles. The molecule has 0 aliphatic rings. The number of thioether (sulfide) groups is 1. The highest BCUT2D eigenvalue weighted by atomic mass is 35.5. The Morgan fingerprint density at radius 2 is 1.90 bits per heavy atom. The first-order chi connectivity index (χ1) is 9.74. The van der Waals surface area contributed by atoms with Crippen molar-refractivity contribution in [3.05, 3.63) is 51.3 Å². The molecule has 7 heteroatoms. The summed E-state index contributed by atoms with van der Waals surface area (Å²) < 4.78 is 5.59. The molecule has 0 N–H and O–H groups in total. The summed E-state index contributed by atoms with van der Waals surface area (Å²) in [7, 11) is 0. The van der Waals surface area contributed by atoms with E-state index in [-0.39, 0.29) is 0 Å². The highest BCUT2D eigenvalue weighted by Gasteiger charge is 2.12. The maximum atomic E-state index is 6.12. The van der Waals surface area contributed by atoms with Crippen molar-refractivity contribution >= 4 is 46.3 Å². The zero-order chi connectivity index (χ0) is 13.9. The number of thiophene rings is 1. The predicted molar refractivity (Wildman–Crippen MR) is 83.6 cm³/mol. The molecule has 0 atom stereocenters. The maximum absolute atomic E-state index is 6.12. The van der Waals surface area contributed by atoms with Gasteiger partial charge in [-0.3, -0.25) is 0 Å². The van der Waals surface area contributed by atoms with Crippen LogP contribution < -0.4 is 0 Å². The Hall–Kier alpha value is -1.01. The second-order valence-electron chi connectivity index (χ2n) is 3.84. The zero-order valence-corrected chi connectivity index (χ0v) is 13.2. The second-order valence-corrected chi connectivity index (χ2v) is 6.53. The van der Waals surface area contributed by atoms with E-state index in [1.807, 2.05) is 35.7 Å². The molecule has 3 aromatic rings. The summed E-state index contributed by atoms with van der Waals surface area (Å²) in [5.41, 5.74) is 0.872. The molecule has 0 radical (unpaired) electrons. The molecule has 3 nitrogen and oxygen atoms in total. The van der Waals surface area contributed by atoms with Gasteiger partial charge in [-0.05, 0) is 29.1 Å². The van der Waals surface area contributed by atoms with E-state index >= 15 is 0 Å². The summed E-state index contributed by atoms with van der Waals surface area (Å²) in [6.45, 7) is 0. The average Bonchev–Trinajstić information content (AvgIpc) is 3.09. The summed E-state index contributed by atoms with van der Waals surface area (Å²) in [5.74, 6) is 1.12. The van der Waals surface area contributed by atoms with Crippen molar-refractivity contribution in [2.45, 2.75) is 11.0 Å². The summed E-state index contributed by atoms with van der Waals surface area (Å²) in [6, 6.07) is 9.33. The largest absolute Gasteiger partial charge is 0.410 e. The fourth-order valence-electron chi connectivity index (χ4n) is 1.57. The monoisotopic (exact) mass is 342 g/mol. The normalized spacial score (nSPS) is 10.9. The first-order valence-electron chi connectivity index (χ1n) is 5.67. The number of aromatic nitrogens is 2. The molecule has 2 aromatic heterocycles. The molecule has 0 unspecified atom stereocenters. The fraction of sp³-hybridized carbons (Fsp3) is 0.0769. The van der Waals surface area contributed by atoms with E-state index < -0.39 is 0 Å². The van der Waals surface area contributed by atoms with Crippen LogP contribution in [0.15, 0.2) is 45.4 Å². The van der Waals surface area contributed by atoms with Crippen LogP contribution >= 0.6 is 46.3 Å². The van der Waals surface area contributed by atoms with Crippen LogP contribution in [0.25, 0.3) is 10.8 Å². The minimum atomic E-state index is 0.504. The van der Waals surface area contributed by atoms with Gasteiger partial charge < -0.3 is 4.42 Å². The van der Waals surface area contributed by atoms with Gasteiger partial charge in [0.25, 0.3) is 11.1 Å². The minimum absolute atomic E-state index is 0.504. The lowest BCUT2D eigenvalue weighted by molar-refractivity contribution is 0.466. The Kier molecular flexibility index (Phi) is 4.31. The summed E-state index contributed by atoms with van der Waals surface area (Å²) in [5, 5.41) is 11.8. The number of halogens is 2. The molecule has 0 fully saturated rings. The van der Waals surface area contributed by atoms with Gasteiger partial charge in [0.1, 0.15) is 0 Å². The van der Waals surface area contributed by atoms with Crippen molar-refractivity contribution in [3.8, 4) is 10.8 Å². The minimum Gasteiger partial charge on any atom is -0.410 e. The van der Waals surface area contributed by atoms with Crippen LogP contribution in [0, 0.1) is 0 Å². The van der Waals surface area contributed by atoms with Gasteiger partial charge in [0.05, 0.1) is 4.88 Å². The average molecular weight is 343 g/mol. The third-order valence-electron chi connectivity index (χ3n) is 2.54. The number of rotatable bonds is 4. The topological polar surface area (TPSA) is 38.9 Å². The van der Waals surface area contributed by atoms with Crippen molar-refractivity contribution < 1.29 is 4.42 Å². The molecule has 102 valence electrons. The van der Waals surface area contributed by atoms with Crippen LogP contribution in [0.1, 0.15) is 5.56 Å². The van der Waals surface area contributed by atoms with Crippen LogP contribution in [0.5, 0.6) is 0 Å². The van der Waals surface area contributed by atoms with E-state index in [1.54, 1.807) is 11.3 Å². The Morgan fingerprint density at radius 1 is 1.10 bits per heavy atom. The summed E-state index contributed by atoms with van der Waals surface area (Å²) in [6.07, 6.45) is 0. The molecule has 1 aromatic carbocycles. The summed E-state index contributed by atoms with van der Waals surface area (Å²) in [4.78, 5) is 0.958. The lowest BCUT2D eigenvalue weighted by atomic mass is 10.2. The Bertz CT molecular complexity index is 693. The van der Waals surface area contributed by atoms with Crippen LogP contribution in [0.2, 0.25) is 10.0 Å². The molecule has 3 rings (SSSR count). The lowest BCUT2D eigenvalue weighted by Gasteiger charge is -2.03. The molecule has 0 saturated carbocycles. The van der Waals surface area contributed by atoms with Crippen LogP contribution in [0.4, 0.5) is 0 Å². The highest BCUT2D eigenvalue weighted by molar-refractivity contribution is 7.98. The van der Waals surface area contributed by atoms with Crippen molar-refractivity contribution in [2.24, 2.45) is 0 Å². The fourth-order valence-corrected chi connectivity index (χ4v) is 3.72. The van der Waals surface area contributed by atoms with Crippen molar-refractivity contribution in [2.75, 3.05) is 0 Å². The molecule has 0 saturated heterocycles. The van der Waals surface area contributed by atoms with E-state index in [2.05, 4.69) is 10.2 Å². The van der Waals surface area contributed by atoms with Gasteiger partial charge in [-0.1, -0.05) is 47.1 Å². The van der Waals surface area contributed by atoms with Crippen molar-refractivity contribution in [3.63, 3.8) is 0 Å². The molecule has 0 aliphatic heterocycles. The van der Waals surface area contributed by atoms with Gasteiger partial charge in [0.2, 0.25) is 0 Å². The number of hydrogen-bond donors (Lipinski definition) is 0. The highest BCUT2D eigenvalue weighted by Crippen LogP contribution is 2.32. The first-order valence-corrected chi connectivity index (χ1v) is 8.29. The van der Waals surface area contributed by atoms with Crippen molar-refractivity contribution in [1.29, 1.82) is 0 Å². The van der Waals surface area contributed by atoms with Gasteiger partial charge in [-0.15, -0.1) is 21.5 Å². The van der Waals surface area contributed by atoms with Crippen molar-refractivity contribution in [1.82, 2.24) is 10.2 Å². The van der Waals surface area contributed by atoms with E-state index in [0.29, 0.717) is 26.9 Å². The van der Waals surface area contributed by atoms with Gasteiger partial charge in [-0.2, -0.15) is 0 Å². The Balaban J connectivity index is 1.73. The first kappa shape index (κ1) is 13.9.